The van der Waals surface area contributed by atoms with Crippen molar-refractivity contribution in [3.8, 4) is 16.9 Å². The number of likely N-dealkylation sites (N-methyl/N-ethyl adjacent to an activating group) is 1. The van der Waals surface area contributed by atoms with Crippen molar-refractivity contribution < 1.29 is 18.3 Å². The van der Waals surface area contributed by atoms with Gasteiger partial charge < -0.3 is 14.6 Å². The van der Waals surface area contributed by atoms with Crippen LogP contribution in [0.5, 0.6) is 0 Å². The number of aromatic nitrogens is 7. The van der Waals surface area contributed by atoms with Gasteiger partial charge in [0.15, 0.2) is 5.65 Å². The zero-order chi connectivity index (χ0) is 26.9. The molecule has 4 aromatic heterocycles. The molecule has 0 spiro atoms. The number of pyridine rings is 1. The van der Waals surface area contributed by atoms with Gasteiger partial charge in [0.1, 0.15) is 11.2 Å². The molecule has 194 valence electrons. The fourth-order valence-electron chi connectivity index (χ4n) is 3.88. The van der Waals surface area contributed by atoms with Gasteiger partial charge in [-0.25, -0.2) is 24.6 Å². The van der Waals surface area contributed by atoms with E-state index in [-0.39, 0.29) is 18.7 Å². The zero-order valence-electron chi connectivity index (χ0n) is 20.0. The summed E-state index contributed by atoms with van der Waals surface area (Å²) in [6, 6.07) is 9.37. The monoisotopic (exact) mass is 522 g/mol. The molecule has 0 aliphatic carbocycles. The number of anilines is 1. The van der Waals surface area contributed by atoms with Crippen LogP contribution in [0.2, 0.25) is 0 Å². The Hall–Kier alpha value is -4.65. The summed E-state index contributed by atoms with van der Waals surface area (Å²) in [5.74, 6) is 0.431. The Morgan fingerprint density at radius 3 is 2.47 bits per heavy atom. The van der Waals surface area contributed by atoms with E-state index in [2.05, 4.69) is 25.0 Å². The third kappa shape index (κ3) is 4.95. The van der Waals surface area contributed by atoms with E-state index in [0.29, 0.717) is 46.3 Å². The van der Waals surface area contributed by atoms with Gasteiger partial charge in [-0.15, -0.1) is 0 Å². The molecule has 0 radical (unpaired) electrons. The fourth-order valence-corrected chi connectivity index (χ4v) is 3.88. The van der Waals surface area contributed by atoms with Crippen LogP contribution in [-0.2, 0) is 12.7 Å². The minimum atomic E-state index is -4.46. The second-order valence-corrected chi connectivity index (χ2v) is 8.41. The molecule has 5 aromatic rings. The van der Waals surface area contributed by atoms with Crippen LogP contribution in [0.15, 0.2) is 72.0 Å². The lowest BCUT2D eigenvalue weighted by atomic mass is 10.2. The van der Waals surface area contributed by atoms with Gasteiger partial charge in [0.2, 0.25) is 5.95 Å². The molecule has 38 heavy (non-hydrogen) atoms. The molecule has 0 saturated heterocycles. The highest BCUT2D eigenvalue weighted by atomic mass is 19.4. The van der Waals surface area contributed by atoms with E-state index in [9.17, 15) is 18.0 Å². The summed E-state index contributed by atoms with van der Waals surface area (Å²) in [6.07, 6.45) is 1.68. The van der Waals surface area contributed by atoms with Crippen LogP contribution in [0.25, 0.3) is 28.1 Å². The highest BCUT2D eigenvalue weighted by Gasteiger charge is 2.30. The molecular formula is C25H21F3N8O2. The number of fused-ring (bicyclic) bond motifs is 1. The Morgan fingerprint density at radius 1 is 1.00 bits per heavy atom. The number of hydrogen-bond acceptors (Lipinski definition) is 8. The van der Waals surface area contributed by atoms with E-state index in [4.69, 9.17) is 5.11 Å². The van der Waals surface area contributed by atoms with E-state index in [1.807, 2.05) is 0 Å². The molecule has 0 unspecified atom stereocenters. The number of halogens is 3. The Balaban J connectivity index is 1.48. The van der Waals surface area contributed by atoms with Crippen LogP contribution in [0, 0.1) is 0 Å². The first kappa shape index (κ1) is 25.0. The van der Waals surface area contributed by atoms with Crippen LogP contribution in [0.4, 0.5) is 19.1 Å². The zero-order valence-corrected chi connectivity index (χ0v) is 20.0. The maximum Gasteiger partial charge on any atom is 0.416 e. The number of hydrogen-bond donors (Lipinski definition) is 1. The molecule has 0 aliphatic rings. The fraction of sp³-hybridized carbons (Fsp3) is 0.200. The molecule has 5 rings (SSSR count). The molecule has 0 amide bonds. The van der Waals surface area contributed by atoms with Crippen LogP contribution in [0.1, 0.15) is 11.3 Å². The summed E-state index contributed by atoms with van der Waals surface area (Å²) in [6.45, 7) is 0.523. The van der Waals surface area contributed by atoms with Crippen LogP contribution >= 0.6 is 0 Å². The summed E-state index contributed by atoms with van der Waals surface area (Å²) < 4.78 is 41.9. The number of aliphatic hydroxyl groups is 1. The Kier molecular flexibility index (Phi) is 6.59. The van der Waals surface area contributed by atoms with Crippen molar-refractivity contribution in [1.29, 1.82) is 0 Å². The average molecular weight is 522 g/mol. The predicted octanol–water partition coefficient (Wildman–Crippen LogP) is 2.93. The number of rotatable bonds is 7. The van der Waals surface area contributed by atoms with Gasteiger partial charge in [-0.05, 0) is 36.4 Å². The quantitative estimate of drug-likeness (QED) is 0.347. The lowest BCUT2D eigenvalue weighted by Gasteiger charge is -2.16. The Labute approximate surface area is 213 Å². The maximum atomic E-state index is 13.0. The second-order valence-electron chi connectivity index (χ2n) is 8.41. The van der Waals surface area contributed by atoms with Crippen molar-refractivity contribution >= 4 is 17.1 Å². The van der Waals surface area contributed by atoms with Crippen molar-refractivity contribution in [2.45, 2.75) is 12.7 Å². The Morgan fingerprint density at radius 2 is 1.76 bits per heavy atom. The summed E-state index contributed by atoms with van der Waals surface area (Å²) >= 11 is 0. The molecule has 0 atom stereocenters. The minimum absolute atomic E-state index is 0.0430. The third-order valence-corrected chi connectivity index (χ3v) is 5.82. The molecule has 0 aliphatic heterocycles. The van der Waals surface area contributed by atoms with Gasteiger partial charge in [-0.1, -0.05) is 0 Å². The van der Waals surface area contributed by atoms with E-state index < -0.39 is 11.7 Å². The lowest BCUT2D eigenvalue weighted by molar-refractivity contribution is -0.137. The van der Waals surface area contributed by atoms with Crippen molar-refractivity contribution in [2.75, 3.05) is 25.1 Å². The van der Waals surface area contributed by atoms with Gasteiger partial charge in [0.25, 0.3) is 5.56 Å². The highest BCUT2D eigenvalue weighted by Crippen LogP contribution is 2.31. The second kappa shape index (κ2) is 10.0. The van der Waals surface area contributed by atoms with Gasteiger partial charge >= 0.3 is 6.18 Å². The Bertz CT molecular complexity index is 1650. The van der Waals surface area contributed by atoms with Gasteiger partial charge in [-0.2, -0.15) is 18.3 Å². The molecule has 13 heteroatoms. The standard InChI is InChI=1S/C25H21F3N8O2/c1-34(12-13-37)24-31-8-6-18(32-24)15-35-11-7-16(14-20(35)38)21-22-23(30-10-9-29-22)36(33-21)19-4-2-17(3-5-19)25(26,27)28/h2-11,14,37H,12-13,15H2,1H3. The third-order valence-electron chi connectivity index (χ3n) is 5.82. The number of nitrogens with zero attached hydrogens (tertiary/aromatic N) is 8. The molecule has 0 fully saturated rings. The first-order valence-corrected chi connectivity index (χ1v) is 11.5. The van der Waals surface area contributed by atoms with Crippen LogP contribution < -0.4 is 10.5 Å². The molecule has 0 saturated carbocycles. The minimum Gasteiger partial charge on any atom is -0.395 e. The SMILES string of the molecule is CN(CCO)c1nccc(Cn2ccc(-c3nn(-c4ccc(C(F)(F)F)cc4)c4nccnc34)cc2=O)n1. The van der Waals surface area contributed by atoms with E-state index >= 15 is 0 Å². The number of benzene rings is 1. The summed E-state index contributed by atoms with van der Waals surface area (Å²) in [5.41, 5.74) is 1.48. The molecular weight excluding hydrogens is 501 g/mol. The van der Waals surface area contributed by atoms with Crippen molar-refractivity contribution in [1.82, 2.24) is 34.3 Å². The van der Waals surface area contributed by atoms with Crippen molar-refractivity contribution in [2.24, 2.45) is 0 Å². The predicted molar refractivity (Wildman–Crippen MR) is 133 cm³/mol. The normalized spacial score (nSPS) is 11.7. The van der Waals surface area contributed by atoms with Gasteiger partial charge in [0.05, 0.1) is 30.1 Å². The van der Waals surface area contributed by atoms with Crippen LogP contribution in [-0.4, -0.2) is 59.6 Å². The van der Waals surface area contributed by atoms with Gasteiger partial charge in [-0.3, -0.25) is 4.79 Å². The van der Waals surface area contributed by atoms with Crippen molar-refractivity contribution in [3.05, 3.63) is 88.9 Å². The van der Waals surface area contributed by atoms with Crippen molar-refractivity contribution in [3.63, 3.8) is 0 Å². The van der Waals surface area contributed by atoms with Crippen LogP contribution in [0.3, 0.4) is 0 Å². The smallest absolute Gasteiger partial charge is 0.395 e. The van der Waals surface area contributed by atoms with E-state index in [0.717, 1.165) is 12.1 Å². The largest absolute Gasteiger partial charge is 0.416 e. The number of aliphatic hydroxyl groups excluding tert-OH is 1. The van der Waals surface area contributed by atoms with E-state index in [1.165, 1.54) is 39.8 Å². The van der Waals surface area contributed by atoms with E-state index in [1.54, 1.807) is 36.5 Å². The lowest BCUT2D eigenvalue weighted by Crippen LogP contribution is -2.24. The first-order chi connectivity index (χ1) is 18.2. The molecule has 0 bridgehead atoms. The molecule has 10 nitrogen and oxygen atoms in total. The average Bonchev–Trinajstić information content (AvgIpc) is 3.29. The molecule has 1 aromatic carbocycles. The summed E-state index contributed by atoms with van der Waals surface area (Å²) in [4.78, 5) is 32.0. The molecule has 4 heterocycles. The first-order valence-electron chi connectivity index (χ1n) is 11.5. The highest BCUT2D eigenvalue weighted by molar-refractivity contribution is 5.88. The number of alkyl halides is 3. The molecule has 1 N–H and O–H groups in total. The topological polar surface area (TPSA) is 115 Å². The maximum absolute atomic E-state index is 13.0. The summed E-state index contributed by atoms with van der Waals surface area (Å²) in [5, 5.41) is 13.7. The van der Waals surface area contributed by atoms with Gasteiger partial charge in [0, 0.05) is 50.0 Å². The summed E-state index contributed by atoms with van der Waals surface area (Å²) in [7, 11) is 1.76.